The Kier molecular flexibility index (Phi) is 9.25. The summed E-state index contributed by atoms with van der Waals surface area (Å²) in [7, 11) is 0. The lowest BCUT2D eigenvalue weighted by atomic mass is 9.86. The van der Waals surface area contributed by atoms with Gasteiger partial charge in [0.1, 0.15) is 17.6 Å². The Bertz CT molecular complexity index is 2110. The van der Waals surface area contributed by atoms with Gasteiger partial charge in [0.2, 0.25) is 17.8 Å². The van der Waals surface area contributed by atoms with Crippen molar-refractivity contribution in [2.45, 2.75) is 56.8 Å². The Hall–Kier alpha value is -5.64. The van der Waals surface area contributed by atoms with E-state index in [-0.39, 0.29) is 60.0 Å². The van der Waals surface area contributed by atoms with Crippen molar-refractivity contribution in [3.8, 4) is 5.75 Å². The molecule has 1 saturated carbocycles. The zero-order chi connectivity index (χ0) is 36.7. The van der Waals surface area contributed by atoms with Gasteiger partial charge in [0, 0.05) is 24.1 Å². The van der Waals surface area contributed by atoms with Gasteiger partial charge in [0.05, 0.1) is 34.3 Å². The highest BCUT2D eigenvalue weighted by Crippen LogP contribution is 2.38. The predicted octanol–water partition coefficient (Wildman–Crippen LogP) is 5.63. The summed E-state index contributed by atoms with van der Waals surface area (Å²) in [6, 6.07) is 11.3. The highest BCUT2D eigenvalue weighted by molar-refractivity contribution is 6.23. The number of benzene rings is 3. The predicted molar refractivity (Wildman–Crippen MR) is 175 cm³/mol. The molecule has 7 rings (SSSR count). The van der Waals surface area contributed by atoms with Crippen LogP contribution in [0.15, 0.2) is 60.7 Å². The van der Waals surface area contributed by atoms with Crippen LogP contribution >= 0.6 is 0 Å². The molecule has 1 atom stereocenters. The lowest BCUT2D eigenvalue weighted by Gasteiger charge is -2.30. The zero-order valence-corrected chi connectivity index (χ0v) is 27.4. The molecule has 0 radical (unpaired) electrons. The van der Waals surface area contributed by atoms with Crippen molar-refractivity contribution in [1.29, 1.82) is 0 Å². The number of amides is 5. The first-order valence-corrected chi connectivity index (χ1v) is 16.6. The fourth-order valence-corrected chi connectivity index (χ4v) is 6.97. The topological polar surface area (TPSA) is 149 Å². The number of fused-ring (bicyclic) bond motifs is 2. The molecule has 1 saturated heterocycles. The zero-order valence-electron chi connectivity index (χ0n) is 27.4. The molecule has 2 N–H and O–H groups in total. The molecule has 0 bridgehead atoms. The van der Waals surface area contributed by atoms with Crippen LogP contribution in [0.25, 0.3) is 11.0 Å². The second-order valence-corrected chi connectivity index (χ2v) is 12.9. The van der Waals surface area contributed by atoms with Gasteiger partial charge in [-0.05, 0) is 86.6 Å². The Labute approximate surface area is 293 Å². The van der Waals surface area contributed by atoms with Crippen LogP contribution in [0.1, 0.15) is 81.2 Å². The van der Waals surface area contributed by atoms with E-state index < -0.39 is 53.1 Å². The molecule has 270 valence electrons. The number of hydrogen-bond donors (Lipinski definition) is 2. The molecule has 2 aliphatic heterocycles. The Morgan fingerprint density at radius 3 is 2.44 bits per heavy atom. The molecular weight excluding hydrogens is 690 g/mol. The monoisotopic (exact) mass is 721 g/mol. The lowest BCUT2D eigenvalue weighted by Crippen LogP contribution is -2.54. The van der Waals surface area contributed by atoms with Gasteiger partial charge in [-0.2, -0.15) is 13.2 Å². The quantitative estimate of drug-likeness (QED) is 0.0978. The van der Waals surface area contributed by atoms with Gasteiger partial charge < -0.3 is 14.0 Å². The van der Waals surface area contributed by atoms with Crippen LogP contribution in [0.3, 0.4) is 0 Å². The number of carbonyl (C=O) groups excluding carboxylic acids is 5. The largest absolute Gasteiger partial charge is 0.468 e. The number of carbonyl (C=O) groups is 5. The van der Waals surface area contributed by atoms with Crippen molar-refractivity contribution in [2.24, 2.45) is 5.92 Å². The van der Waals surface area contributed by atoms with Crippen LogP contribution in [0.5, 0.6) is 5.75 Å². The maximum absolute atomic E-state index is 14.1. The Morgan fingerprint density at radius 2 is 1.69 bits per heavy atom. The SMILES string of the molecule is O=C1CCC(N2C(=O)c3ccc(OCOC[C@H]4CC[C@@H](n5c(NC(=O)c6cccc(C(F)(F)F)c6)nc6cc(F)ccc65)CC4)cc3C2=O)C(=O)N1. The number of alkyl halides is 3. The summed E-state index contributed by atoms with van der Waals surface area (Å²) in [5, 5.41) is 4.79. The van der Waals surface area contributed by atoms with Crippen LogP contribution in [0, 0.1) is 11.7 Å². The summed E-state index contributed by atoms with van der Waals surface area (Å²) in [5.41, 5.74) is -0.0674. The second kappa shape index (κ2) is 13.8. The molecule has 4 aromatic rings. The average molecular weight is 722 g/mol. The van der Waals surface area contributed by atoms with Crippen LogP contribution < -0.4 is 15.4 Å². The van der Waals surface area contributed by atoms with E-state index in [4.69, 9.17) is 9.47 Å². The molecule has 3 heterocycles. The molecule has 1 unspecified atom stereocenters. The molecule has 5 amide bonds. The minimum Gasteiger partial charge on any atom is -0.468 e. The highest BCUT2D eigenvalue weighted by Gasteiger charge is 2.44. The molecule has 1 aromatic heterocycles. The summed E-state index contributed by atoms with van der Waals surface area (Å²) in [6.07, 6.45) is -1.82. The molecular formula is C36H31F4N5O7. The van der Waals surface area contributed by atoms with E-state index in [9.17, 15) is 41.5 Å². The van der Waals surface area contributed by atoms with Crippen LogP contribution in [0.2, 0.25) is 0 Å². The number of ether oxygens (including phenoxy) is 2. The smallest absolute Gasteiger partial charge is 0.416 e. The first-order valence-electron chi connectivity index (χ1n) is 16.6. The van der Waals surface area contributed by atoms with Crippen molar-refractivity contribution in [3.63, 3.8) is 0 Å². The molecule has 52 heavy (non-hydrogen) atoms. The highest BCUT2D eigenvalue weighted by atomic mass is 19.4. The van der Waals surface area contributed by atoms with E-state index in [1.165, 1.54) is 36.4 Å². The molecule has 3 aliphatic rings. The lowest BCUT2D eigenvalue weighted by molar-refractivity contribution is -0.138. The number of imidazole rings is 1. The van der Waals surface area contributed by atoms with Gasteiger partial charge in [0.25, 0.3) is 17.7 Å². The van der Waals surface area contributed by atoms with Gasteiger partial charge in [-0.25, -0.2) is 9.37 Å². The maximum Gasteiger partial charge on any atom is 0.416 e. The number of imide groups is 2. The minimum atomic E-state index is -4.62. The number of halogens is 4. The van der Waals surface area contributed by atoms with Crippen molar-refractivity contribution < 1.29 is 51.0 Å². The number of nitrogens with one attached hydrogen (secondary N) is 2. The molecule has 3 aromatic carbocycles. The van der Waals surface area contributed by atoms with Gasteiger partial charge in [-0.1, -0.05) is 6.07 Å². The fourth-order valence-electron chi connectivity index (χ4n) is 6.97. The van der Waals surface area contributed by atoms with Crippen LogP contribution in [-0.2, 0) is 20.5 Å². The van der Waals surface area contributed by atoms with Crippen molar-refractivity contribution >= 4 is 46.5 Å². The third-order valence-corrected chi connectivity index (χ3v) is 9.58. The summed E-state index contributed by atoms with van der Waals surface area (Å²) >= 11 is 0. The molecule has 1 aliphatic carbocycles. The summed E-state index contributed by atoms with van der Waals surface area (Å²) in [5.74, 6) is -3.18. The third-order valence-electron chi connectivity index (χ3n) is 9.58. The molecule has 2 fully saturated rings. The second-order valence-electron chi connectivity index (χ2n) is 12.9. The van der Waals surface area contributed by atoms with Crippen molar-refractivity contribution in [2.75, 3.05) is 18.7 Å². The number of hydrogen-bond acceptors (Lipinski definition) is 8. The van der Waals surface area contributed by atoms with Crippen molar-refractivity contribution in [3.05, 3.63) is 88.7 Å². The normalized spacial score (nSPS) is 20.6. The van der Waals surface area contributed by atoms with E-state index in [0.29, 0.717) is 30.5 Å². The minimum absolute atomic E-state index is 0.0183. The van der Waals surface area contributed by atoms with E-state index >= 15 is 0 Å². The van der Waals surface area contributed by atoms with Gasteiger partial charge in [-0.15, -0.1) is 0 Å². The van der Waals surface area contributed by atoms with Gasteiger partial charge >= 0.3 is 6.18 Å². The van der Waals surface area contributed by atoms with E-state index in [1.807, 2.05) is 0 Å². The number of anilines is 1. The van der Waals surface area contributed by atoms with E-state index in [0.717, 1.165) is 35.9 Å². The standard InChI is InChI=1S/C36H31F4N5O7/c37-22-6-11-28-27(15-22)41-35(43-31(47)20-2-1-3-21(14-20)36(38,39)40)44(28)23-7-4-19(5-8-23)17-51-18-52-24-9-10-25-26(16-24)34(50)45(33(25)49)29-12-13-30(46)42-32(29)48/h1-3,6,9-11,14-16,19,23,29H,4-5,7-8,12-13,17-18H2,(H,41,43,47)(H,42,46,48)/t19-,23+,29?. The molecule has 16 heteroatoms. The fraction of sp³-hybridized carbons (Fsp3) is 0.333. The summed E-state index contributed by atoms with van der Waals surface area (Å²) < 4.78 is 67.2. The number of rotatable bonds is 9. The Balaban J connectivity index is 0.949. The first-order chi connectivity index (χ1) is 24.9. The number of piperidine rings is 1. The van der Waals surface area contributed by atoms with Crippen molar-refractivity contribution in [1.82, 2.24) is 19.8 Å². The van der Waals surface area contributed by atoms with Crippen LogP contribution in [0.4, 0.5) is 23.5 Å². The molecule has 12 nitrogen and oxygen atoms in total. The third kappa shape index (κ3) is 6.85. The average Bonchev–Trinajstić information content (AvgIpc) is 3.59. The Morgan fingerprint density at radius 1 is 0.923 bits per heavy atom. The van der Waals surface area contributed by atoms with Gasteiger partial charge in [0.15, 0.2) is 6.79 Å². The summed E-state index contributed by atoms with van der Waals surface area (Å²) in [4.78, 5) is 68.2. The maximum atomic E-state index is 14.1. The first kappa shape index (κ1) is 34.8. The molecule has 0 spiro atoms. The summed E-state index contributed by atoms with van der Waals surface area (Å²) in [6.45, 7) is 0.217. The van der Waals surface area contributed by atoms with Gasteiger partial charge in [-0.3, -0.25) is 39.5 Å². The van der Waals surface area contributed by atoms with E-state index in [1.54, 1.807) is 10.6 Å². The van der Waals surface area contributed by atoms with E-state index in [2.05, 4.69) is 15.6 Å². The number of aromatic nitrogens is 2. The number of nitrogens with zero attached hydrogens (tertiary/aromatic N) is 3. The van der Waals surface area contributed by atoms with Crippen LogP contribution in [-0.4, -0.2) is 63.4 Å².